The molecule has 0 bridgehead atoms. The van der Waals surface area contributed by atoms with Gasteiger partial charge in [-0.15, -0.1) is 0 Å². The van der Waals surface area contributed by atoms with Crippen LogP contribution in [0.15, 0.2) is 47.3 Å². The van der Waals surface area contributed by atoms with Gasteiger partial charge >= 0.3 is 18.1 Å². The van der Waals surface area contributed by atoms with Crippen LogP contribution in [0.5, 0.6) is 17.2 Å². The van der Waals surface area contributed by atoms with E-state index in [1.165, 1.54) is 25.3 Å². The number of amides is 1. The summed E-state index contributed by atoms with van der Waals surface area (Å²) in [6.07, 6.45) is -5.27. The maximum absolute atomic E-state index is 12.7. The SMILES string of the molecule is COC(=O)[C@H](Cc1cc(Cl)c(Oc2ccc(OC)c(Cc3ccc(=O)[nH]n3)c2)c(Cl)c1)NC(=O)C(F)(F)F. The third-order valence-corrected chi connectivity index (χ3v) is 5.69. The minimum Gasteiger partial charge on any atom is -0.496 e. The van der Waals surface area contributed by atoms with E-state index in [4.69, 9.17) is 32.7 Å². The van der Waals surface area contributed by atoms with Crippen LogP contribution in [0.1, 0.15) is 16.8 Å². The molecular formula is C24H20Cl2F3N3O6. The number of methoxy groups -OCH3 is 2. The smallest absolute Gasteiger partial charge is 0.471 e. The number of H-pyrrole nitrogens is 1. The van der Waals surface area contributed by atoms with Crippen molar-refractivity contribution in [3.63, 3.8) is 0 Å². The Bertz CT molecular complexity index is 1350. The van der Waals surface area contributed by atoms with Crippen LogP contribution in [-0.2, 0) is 27.2 Å². The number of benzene rings is 2. The molecule has 202 valence electrons. The Morgan fingerprint density at radius 2 is 1.76 bits per heavy atom. The van der Waals surface area contributed by atoms with E-state index in [9.17, 15) is 27.6 Å². The average molecular weight is 574 g/mol. The lowest BCUT2D eigenvalue weighted by Crippen LogP contribution is -2.48. The van der Waals surface area contributed by atoms with Crippen molar-refractivity contribution in [1.29, 1.82) is 0 Å². The molecule has 2 aromatic carbocycles. The van der Waals surface area contributed by atoms with Gasteiger partial charge in [-0.2, -0.15) is 18.3 Å². The highest BCUT2D eigenvalue weighted by atomic mass is 35.5. The fourth-order valence-corrected chi connectivity index (χ4v) is 3.99. The highest BCUT2D eigenvalue weighted by Gasteiger charge is 2.41. The Balaban J connectivity index is 1.83. The highest BCUT2D eigenvalue weighted by Crippen LogP contribution is 2.39. The van der Waals surface area contributed by atoms with E-state index < -0.39 is 24.1 Å². The van der Waals surface area contributed by atoms with Crippen LogP contribution in [0.25, 0.3) is 0 Å². The van der Waals surface area contributed by atoms with Gasteiger partial charge in [0, 0.05) is 24.5 Å². The molecule has 1 atom stereocenters. The van der Waals surface area contributed by atoms with Crippen molar-refractivity contribution >= 4 is 35.1 Å². The summed E-state index contributed by atoms with van der Waals surface area (Å²) in [5.74, 6) is -2.47. The molecule has 0 aliphatic rings. The molecule has 0 radical (unpaired) electrons. The number of carbonyl (C=O) groups is 2. The van der Waals surface area contributed by atoms with Crippen LogP contribution in [0.3, 0.4) is 0 Å². The highest BCUT2D eigenvalue weighted by molar-refractivity contribution is 6.37. The first-order chi connectivity index (χ1) is 17.9. The molecule has 0 fully saturated rings. The maximum atomic E-state index is 12.7. The number of alkyl halides is 3. The van der Waals surface area contributed by atoms with Crippen LogP contribution in [0, 0.1) is 0 Å². The second-order valence-corrected chi connectivity index (χ2v) is 8.62. The molecule has 0 unspecified atom stereocenters. The zero-order valence-electron chi connectivity index (χ0n) is 19.8. The number of nitrogens with zero attached hydrogens (tertiary/aromatic N) is 1. The van der Waals surface area contributed by atoms with Crippen LogP contribution in [0.4, 0.5) is 13.2 Å². The van der Waals surface area contributed by atoms with E-state index >= 15 is 0 Å². The number of hydrogen-bond donors (Lipinski definition) is 2. The van der Waals surface area contributed by atoms with Crippen LogP contribution < -0.4 is 20.3 Å². The molecule has 2 N–H and O–H groups in total. The number of esters is 1. The zero-order chi connectivity index (χ0) is 28.0. The van der Waals surface area contributed by atoms with E-state index in [1.54, 1.807) is 29.6 Å². The lowest BCUT2D eigenvalue weighted by molar-refractivity contribution is -0.175. The molecule has 3 aromatic rings. The summed E-state index contributed by atoms with van der Waals surface area (Å²) >= 11 is 12.7. The normalized spacial score (nSPS) is 12.0. The number of nitrogens with one attached hydrogen (secondary N) is 2. The fraction of sp³-hybridized carbons (Fsp3) is 0.250. The Morgan fingerprint density at radius 3 is 2.32 bits per heavy atom. The predicted octanol–water partition coefficient (Wildman–Crippen LogP) is 4.23. The largest absolute Gasteiger partial charge is 0.496 e. The molecule has 0 aliphatic heterocycles. The van der Waals surface area contributed by atoms with Gasteiger partial charge in [0.1, 0.15) is 17.5 Å². The van der Waals surface area contributed by atoms with Crippen LogP contribution >= 0.6 is 23.2 Å². The summed E-state index contributed by atoms with van der Waals surface area (Å²) in [5.41, 5.74) is 1.14. The first kappa shape index (κ1) is 28.8. The van der Waals surface area contributed by atoms with Crippen molar-refractivity contribution in [2.45, 2.75) is 25.1 Å². The first-order valence-corrected chi connectivity index (χ1v) is 11.5. The Morgan fingerprint density at radius 1 is 1.08 bits per heavy atom. The molecule has 9 nitrogen and oxygen atoms in total. The van der Waals surface area contributed by atoms with Crippen molar-refractivity contribution < 1.29 is 37.0 Å². The minimum atomic E-state index is -5.19. The monoisotopic (exact) mass is 573 g/mol. The molecule has 0 saturated heterocycles. The molecule has 3 rings (SSSR count). The number of ether oxygens (including phenoxy) is 3. The van der Waals surface area contributed by atoms with Gasteiger partial charge in [0.05, 0.1) is 30.0 Å². The summed E-state index contributed by atoms with van der Waals surface area (Å²) in [7, 11) is 2.47. The van der Waals surface area contributed by atoms with Gasteiger partial charge < -0.3 is 19.5 Å². The summed E-state index contributed by atoms with van der Waals surface area (Å²) < 4.78 is 53.8. The Labute approximate surface area is 223 Å². The molecule has 1 heterocycles. The van der Waals surface area contributed by atoms with E-state index in [-0.39, 0.29) is 33.3 Å². The first-order valence-electron chi connectivity index (χ1n) is 10.7. The Hall–Kier alpha value is -3.77. The van der Waals surface area contributed by atoms with E-state index in [0.717, 1.165) is 7.11 Å². The zero-order valence-corrected chi connectivity index (χ0v) is 21.3. The van der Waals surface area contributed by atoms with Crippen molar-refractivity contribution in [3.8, 4) is 17.2 Å². The summed E-state index contributed by atoms with van der Waals surface area (Å²) in [6, 6.07) is 8.86. The van der Waals surface area contributed by atoms with Gasteiger partial charge in [-0.3, -0.25) is 9.59 Å². The van der Waals surface area contributed by atoms with Gasteiger partial charge in [-0.25, -0.2) is 9.89 Å². The van der Waals surface area contributed by atoms with Crippen LogP contribution in [0.2, 0.25) is 10.0 Å². The summed E-state index contributed by atoms with van der Waals surface area (Å²) in [6.45, 7) is 0. The van der Waals surface area contributed by atoms with Gasteiger partial charge in [0.15, 0.2) is 5.75 Å². The van der Waals surface area contributed by atoms with Crippen molar-refractivity contribution in [3.05, 3.63) is 79.7 Å². The van der Waals surface area contributed by atoms with Gasteiger partial charge in [0.2, 0.25) is 0 Å². The number of aromatic nitrogens is 2. The molecular weight excluding hydrogens is 554 g/mol. The average Bonchev–Trinajstić information content (AvgIpc) is 2.86. The number of halogens is 5. The predicted molar refractivity (Wildman–Crippen MR) is 131 cm³/mol. The second kappa shape index (κ2) is 12.2. The number of aromatic amines is 1. The number of rotatable bonds is 9. The van der Waals surface area contributed by atoms with Gasteiger partial charge in [-0.1, -0.05) is 23.2 Å². The molecule has 0 aliphatic carbocycles. The molecule has 0 spiro atoms. The topological polar surface area (TPSA) is 120 Å². The lowest BCUT2D eigenvalue weighted by atomic mass is 10.1. The summed E-state index contributed by atoms with van der Waals surface area (Å²) in [5, 5.41) is 7.92. The number of carbonyl (C=O) groups excluding carboxylic acids is 2. The molecule has 38 heavy (non-hydrogen) atoms. The summed E-state index contributed by atoms with van der Waals surface area (Å²) in [4.78, 5) is 34.6. The fourth-order valence-electron chi connectivity index (χ4n) is 3.38. The lowest BCUT2D eigenvalue weighted by Gasteiger charge is -2.19. The molecule has 0 saturated carbocycles. The van der Waals surface area contributed by atoms with E-state index in [0.29, 0.717) is 29.2 Å². The van der Waals surface area contributed by atoms with Crippen LogP contribution in [-0.4, -0.2) is 48.5 Å². The van der Waals surface area contributed by atoms with Crippen molar-refractivity contribution in [2.24, 2.45) is 0 Å². The quantitative estimate of drug-likeness (QED) is 0.367. The van der Waals surface area contributed by atoms with Crippen molar-refractivity contribution in [1.82, 2.24) is 15.5 Å². The van der Waals surface area contributed by atoms with E-state index in [2.05, 4.69) is 14.9 Å². The molecule has 1 aromatic heterocycles. The van der Waals surface area contributed by atoms with Crippen molar-refractivity contribution in [2.75, 3.05) is 14.2 Å². The minimum absolute atomic E-state index is 0.00191. The molecule has 1 amide bonds. The van der Waals surface area contributed by atoms with Gasteiger partial charge in [0.25, 0.3) is 5.56 Å². The van der Waals surface area contributed by atoms with Gasteiger partial charge in [-0.05, 0) is 42.0 Å². The van der Waals surface area contributed by atoms with E-state index in [1.807, 2.05) is 0 Å². The standard InChI is InChI=1S/C24H20Cl2F3N3O6/c1-36-19-5-4-15(11-13(19)10-14-3-6-20(33)32-31-14)38-21-16(25)7-12(8-17(21)26)9-18(22(34)37-2)30-23(35)24(27,28)29/h3-8,11,18H,9-10H2,1-2H3,(H,30,35)(H,32,33)/t18-/m0/s1. The second-order valence-electron chi connectivity index (χ2n) is 7.80. The Kier molecular flexibility index (Phi) is 9.23. The number of hydrogen-bond acceptors (Lipinski definition) is 7. The third kappa shape index (κ3) is 7.39. The maximum Gasteiger partial charge on any atom is 0.471 e. The molecule has 14 heteroatoms. The third-order valence-electron chi connectivity index (χ3n) is 5.13.